The van der Waals surface area contributed by atoms with Crippen LogP contribution in [-0.4, -0.2) is 15.5 Å². The van der Waals surface area contributed by atoms with Gasteiger partial charge in [0.05, 0.1) is 6.26 Å². The van der Waals surface area contributed by atoms with E-state index in [-0.39, 0.29) is 11.3 Å². The molecule has 0 spiro atoms. The van der Waals surface area contributed by atoms with Crippen LogP contribution >= 0.6 is 0 Å². The van der Waals surface area contributed by atoms with Gasteiger partial charge >= 0.3 is 0 Å². The fourth-order valence-electron chi connectivity index (χ4n) is 1.69. The number of fused-ring (bicyclic) bond motifs is 1. The zero-order valence-electron chi connectivity index (χ0n) is 9.64. The minimum absolute atomic E-state index is 0.0418. The van der Waals surface area contributed by atoms with Gasteiger partial charge in [-0.2, -0.15) is 0 Å². The second-order valence-corrected chi connectivity index (χ2v) is 4.28. The second-order valence-electron chi connectivity index (χ2n) is 4.28. The van der Waals surface area contributed by atoms with E-state index in [1.54, 1.807) is 19.9 Å². The number of aromatic nitrogens is 2. The third-order valence-electron chi connectivity index (χ3n) is 2.55. The first-order valence-corrected chi connectivity index (χ1v) is 5.17. The highest BCUT2D eigenvalue weighted by atomic mass is 16.5. The lowest BCUT2D eigenvalue weighted by atomic mass is 10.1. The topological polar surface area (TPSA) is 87.2 Å². The first kappa shape index (κ1) is 11.4. The van der Waals surface area contributed by atoms with Gasteiger partial charge in [-0.05, 0) is 19.9 Å². The summed E-state index contributed by atoms with van der Waals surface area (Å²) in [6.07, 6.45) is 3.24. The smallest absolute Gasteiger partial charge is 0.267 e. The number of carbonyl (C=O) groups excluding carboxylic acids is 1. The third-order valence-corrected chi connectivity index (χ3v) is 2.55. The average molecular weight is 235 g/mol. The van der Waals surface area contributed by atoms with Crippen molar-refractivity contribution in [2.24, 2.45) is 5.73 Å². The highest BCUT2D eigenvalue weighted by molar-refractivity contribution is 5.90. The van der Waals surface area contributed by atoms with E-state index in [2.05, 4.69) is 4.98 Å². The minimum Gasteiger partial charge on any atom is -0.488 e. The van der Waals surface area contributed by atoms with E-state index in [1.165, 1.54) is 10.8 Å². The minimum atomic E-state index is -0.780. The molecule has 6 nitrogen and oxygen atoms in total. The largest absolute Gasteiger partial charge is 0.488 e. The van der Waals surface area contributed by atoms with Crippen LogP contribution in [0.1, 0.15) is 30.2 Å². The Hall–Kier alpha value is -2.11. The SMILES string of the molecule is CC1(C)OC=CCn2c1nc(C(N)=O)cc2=O. The summed E-state index contributed by atoms with van der Waals surface area (Å²) in [7, 11) is 0. The first-order chi connectivity index (χ1) is 7.92. The molecule has 17 heavy (non-hydrogen) atoms. The molecule has 0 aromatic carbocycles. The molecule has 0 radical (unpaired) electrons. The number of nitrogens with zero attached hydrogens (tertiary/aromatic N) is 2. The van der Waals surface area contributed by atoms with Gasteiger partial charge in [-0.1, -0.05) is 0 Å². The maximum absolute atomic E-state index is 11.9. The number of allylic oxidation sites excluding steroid dienone is 1. The molecule has 90 valence electrons. The molecular formula is C11H13N3O3. The first-order valence-electron chi connectivity index (χ1n) is 5.17. The van der Waals surface area contributed by atoms with E-state index in [1.807, 2.05) is 0 Å². The number of amides is 1. The molecule has 0 saturated heterocycles. The third kappa shape index (κ3) is 1.93. The summed E-state index contributed by atoms with van der Waals surface area (Å²) in [6, 6.07) is 1.14. The number of hydrogen-bond donors (Lipinski definition) is 1. The molecule has 2 N–H and O–H groups in total. The van der Waals surface area contributed by atoms with Gasteiger partial charge in [0.15, 0.2) is 11.4 Å². The van der Waals surface area contributed by atoms with E-state index >= 15 is 0 Å². The van der Waals surface area contributed by atoms with Crippen molar-refractivity contribution < 1.29 is 9.53 Å². The van der Waals surface area contributed by atoms with Crippen molar-refractivity contribution in [2.45, 2.75) is 26.0 Å². The Balaban J connectivity index is 2.71. The molecule has 0 atom stereocenters. The maximum Gasteiger partial charge on any atom is 0.267 e. The fourth-order valence-corrected chi connectivity index (χ4v) is 1.69. The Morgan fingerprint density at radius 1 is 1.59 bits per heavy atom. The van der Waals surface area contributed by atoms with Gasteiger partial charge < -0.3 is 10.5 Å². The number of primary amides is 1. The average Bonchev–Trinajstić information content (AvgIpc) is 2.38. The van der Waals surface area contributed by atoms with E-state index < -0.39 is 11.5 Å². The monoisotopic (exact) mass is 235 g/mol. The quantitative estimate of drug-likeness (QED) is 0.749. The summed E-state index contributed by atoms with van der Waals surface area (Å²) in [5.41, 5.74) is 4.00. The lowest BCUT2D eigenvalue weighted by Gasteiger charge is -2.24. The molecule has 0 unspecified atom stereocenters. The van der Waals surface area contributed by atoms with Crippen molar-refractivity contribution in [1.82, 2.24) is 9.55 Å². The molecular weight excluding hydrogens is 222 g/mol. The van der Waals surface area contributed by atoms with Crippen LogP contribution in [0.5, 0.6) is 0 Å². The van der Waals surface area contributed by atoms with Crippen molar-refractivity contribution in [3.63, 3.8) is 0 Å². The Morgan fingerprint density at radius 3 is 2.94 bits per heavy atom. The molecule has 6 heteroatoms. The van der Waals surface area contributed by atoms with Gasteiger partial charge in [-0.15, -0.1) is 0 Å². The van der Waals surface area contributed by atoms with Crippen molar-refractivity contribution >= 4 is 5.91 Å². The molecule has 0 aliphatic carbocycles. The lowest BCUT2D eigenvalue weighted by Crippen LogP contribution is -2.34. The Bertz CT molecular complexity index is 558. The van der Waals surface area contributed by atoms with Crippen molar-refractivity contribution in [3.05, 3.63) is 40.3 Å². The van der Waals surface area contributed by atoms with Crippen LogP contribution in [-0.2, 0) is 16.9 Å². The normalized spacial score (nSPS) is 16.8. The van der Waals surface area contributed by atoms with E-state index in [0.29, 0.717) is 12.4 Å². The van der Waals surface area contributed by atoms with Crippen LogP contribution in [0.25, 0.3) is 0 Å². The molecule has 0 bridgehead atoms. The highest BCUT2D eigenvalue weighted by Crippen LogP contribution is 2.24. The molecule has 1 aliphatic heterocycles. The Labute approximate surface area is 97.7 Å². The van der Waals surface area contributed by atoms with Crippen molar-refractivity contribution in [2.75, 3.05) is 0 Å². The molecule has 1 amide bonds. The van der Waals surface area contributed by atoms with Crippen LogP contribution < -0.4 is 11.3 Å². The van der Waals surface area contributed by atoms with Crippen LogP contribution in [0.4, 0.5) is 0 Å². The fraction of sp³-hybridized carbons (Fsp3) is 0.364. The van der Waals surface area contributed by atoms with Crippen LogP contribution in [0.15, 0.2) is 23.2 Å². The predicted molar refractivity (Wildman–Crippen MR) is 60.3 cm³/mol. The van der Waals surface area contributed by atoms with Gasteiger partial charge in [0.25, 0.3) is 11.5 Å². The molecule has 1 aromatic rings. The van der Waals surface area contributed by atoms with Gasteiger partial charge in [0.2, 0.25) is 0 Å². The molecule has 0 saturated carbocycles. The van der Waals surface area contributed by atoms with Gasteiger partial charge in [-0.25, -0.2) is 4.98 Å². The Kier molecular flexibility index (Phi) is 2.49. The van der Waals surface area contributed by atoms with E-state index in [9.17, 15) is 9.59 Å². The summed E-state index contributed by atoms with van der Waals surface area (Å²) < 4.78 is 6.91. The van der Waals surface area contributed by atoms with Crippen LogP contribution in [0.3, 0.4) is 0 Å². The number of hydrogen-bond acceptors (Lipinski definition) is 4. The summed E-state index contributed by atoms with van der Waals surface area (Å²) in [5, 5.41) is 0. The predicted octanol–water partition coefficient (Wildman–Crippen LogP) is 0.121. The zero-order valence-corrected chi connectivity index (χ0v) is 9.64. The van der Waals surface area contributed by atoms with Crippen LogP contribution in [0, 0.1) is 0 Å². The summed E-state index contributed by atoms with van der Waals surface area (Å²) in [6.45, 7) is 3.90. The number of carbonyl (C=O) groups is 1. The number of rotatable bonds is 1. The maximum atomic E-state index is 11.9. The van der Waals surface area contributed by atoms with Crippen molar-refractivity contribution in [1.29, 1.82) is 0 Å². The van der Waals surface area contributed by atoms with Crippen molar-refractivity contribution in [3.8, 4) is 0 Å². The Morgan fingerprint density at radius 2 is 2.29 bits per heavy atom. The van der Waals surface area contributed by atoms with Gasteiger partial charge in [-0.3, -0.25) is 14.2 Å². The van der Waals surface area contributed by atoms with Gasteiger partial charge in [0, 0.05) is 12.6 Å². The lowest BCUT2D eigenvalue weighted by molar-refractivity contribution is 0.0457. The van der Waals surface area contributed by atoms with E-state index in [4.69, 9.17) is 10.5 Å². The summed E-state index contributed by atoms with van der Waals surface area (Å²) in [4.78, 5) is 27.1. The molecule has 0 fully saturated rings. The standard InChI is InChI=1S/C11H13N3O3/c1-11(2)10-13-7(9(12)16)6-8(15)14(10)4-3-5-17-11/h3,5-6H,4H2,1-2H3,(H2,12,16). The van der Waals surface area contributed by atoms with E-state index in [0.717, 1.165) is 6.07 Å². The summed E-state index contributed by atoms with van der Waals surface area (Å²) >= 11 is 0. The zero-order chi connectivity index (χ0) is 12.6. The van der Waals surface area contributed by atoms with Crippen LogP contribution in [0.2, 0.25) is 0 Å². The molecule has 2 heterocycles. The highest BCUT2D eigenvalue weighted by Gasteiger charge is 2.29. The molecule has 2 rings (SSSR count). The summed E-state index contributed by atoms with van der Waals surface area (Å²) in [5.74, 6) is -0.331. The van der Waals surface area contributed by atoms with Gasteiger partial charge in [0.1, 0.15) is 5.69 Å². The molecule has 1 aromatic heterocycles. The number of nitrogens with two attached hydrogens (primary N) is 1. The number of ether oxygens (including phenoxy) is 1. The second kappa shape index (κ2) is 3.73. The molecule has 1 aliphatic rings.